The molecule has 4 rings (SSSR count). The molecule has 0 atom stereocenters. The van der Waals surface area contributed by atoms with E-state index in [1.165, 1.54) is 0 Å². The highest BCUT2D eigenvalue weighted by atomic mass is 16.5. The monoisotopic (exact) mass is 412 g/mol. The van der Waals surface area contributed by atoms with Crippen molar-refractivity contribution in [3.63, 3.8) is 0 Å². The van der Waals surface area contributed by atoms with Crippen LogP contribution in [-0.2, 0) is 14.3 Å². The van der Waals surface area contributed by atoms with Gasteiger partial charge in [0.15, 0.2) is 0 Å². The maximum Gasteiger partial charge on any atom is 0.309 e. The smallest absolute Gasteiger partial charge is 0.309 e. The van der Waals surface area contributed by atoms with Gasteiger partial charge < -0.3 is 14.5 Å². The van der Waals surface area contributed by atoms with Gasteiger partial charge in [-0.2, -0.15) is 0 Å². The number of anilines is 1. The number of imidazole rings is 1. The molecule has 0 radical (unpaired) electrons. The van der Waals surface area contributed by atoms with Gasteiger partial charge in [-0.25, -0.2) is 15.0 Å². The molecular formula is C21H28N6O3. The minimum absolute atomic E-state index is 0.0374. The largest absolute Gasteiger partial charge is 0.466 e. The van der Waals surface area contributed by atoms with Crippen molar-refractivity contribution in [1.82, 2.24) is 24.4 Å². The van der Waals surface area contributed by atoms with E-state index in [0.717, 1.165) is 37.6 Å². The Bertz CT molecular complexity index is 855. The third kappa shape index (κ3) is 4.44. The Morgan fingerprint density at radius 1 is 1.03 bits per heavy atom. The number of nitrogens with zero attached hydrogens (tertiary/aromatic N) is 6. The quantitative estimate of drug-likeness (QED) is 0.690. The molecule has 9 heteroatoms. The molecule has 2 saturated heterocycles. The summed E-state index contributed by atoms with van der Waals surface area (Å²) in [4.78, 5) is 41.8. The second-order valence-electron chi connectivity index (χ2n) is 7.82. The maximum atomic E-state index is 13.0. The average Bonchev–Trinajstić information content (AvgIpc) is 3.34. The van der Waals surface area contributed by atoms with Gasteiger partial charge in [-0.15, -0.1) is 0 Å². The third-order valence-corrected chi connectivity index (χ3v) is 6.00. The Hall–Kier alpha value is -2.97. The summed E-state index contributed by atoms with van der Waals surface area (Å²) >= 11 is 0. The predicted molar refractivity (Wildman–Crippen MR) is 110 cm³/mol. The Labute approximate surface area is 176 Å². The molecule has 0 saturated carbocycles. The third-order valence-electron chi connectivity index (χ3n) is 6.00. The van der Waals surface area contributed by atoms with E-state index in [0.29, 0.717) is 32.5 Å². The van der Waals surface area contributed by atoms with E-state index in [2.05, 4.69) is 19.9 Å². The number of amides is 1. The van der Waals surface area contributed by atoms with Gasteiger partial charge in [-0.05, 0) is 32.6 Å². The van der Waals surface area contributed by atoms with Crippen LogP contribution in [0.25, 0.3) is 5.82 Å². The van der Waals surface area contributed by atoms with Crippen LogP contribution in [0.4, 0.5) is 5.82 Å². The van der Waals surface area contributed by atoms with Gasteiger partial charge in [0.25, 0.3) is 0 Å². The number of carbonyl (C=O) groups is 2. The molecule has 4 heterocycles. The van der Waals surface area contributed by atoms with Crippen molar-refractivity contribution in [2.45, 2.75) is 32.6 Å². The zero-order valence-electron chi connectivity index (χ0n) is 17.3. The summed E-state index contributed by atoms with van der Waals surface area (Å²) in [6.45, 7) is 5.09. The molecule has 2 fully saturated rings. The molecule has 0 aliphatic carbocycles. The lowest BCUT2D eigenvalue weighted by molar-refractivity contribution is -0.151. The van der Waals surface area contributed by atoms with Crippen molar-refractivity contribution < 1.29 is 14.3 Å². The average molecular weight is 412 g/mol. The minimum atomic E-state index is -0.127. The van der Waals surface area contributed by atoms with Crippen LogP contribution >= 0.6 is 0 Å². The number of esters is 1. The van der Waals surface area contributed by atoms with Crippen LogP contribution in [0.3, 0.4) is 0 Å². The van der Waals surface area contributed by atoms with Crippen molar-refractivity contribution in [2.75, 3.05) is 37.7 Å². The van der Waals surface area contributed by atoms with Crippen molar-refractivity contribution in [2.24, 2.45) is 11.8 Å². The summed E-state index contributed by atoms with van der Waals surface area (Å²) in [5.74, 6) is 1.71. The zero-order valence-corrected chi connectivity index (χ0v) is 17.3. The summed E-state index contributed by atoms with van der Waals surface area (Å²) in [6.07, 6.45) is 9.85. The fourth-order valence-corrected chi connectivity index (χ4v) is 4.26. The molecule has 0 unspecified atom stereocenters. The summed E-state index contributed by atoms with van der Waals surface area (Å²) in [5, 5.41) is 0. The van der Waals surface area contributed by atoms with E-state index in [1.807, 2.05) is 28.7 Å². The Morgan fingerprint density at radius 3 is 2.40 bits per heavy atom. The molecule has 2 aromatic heterocycles. The van der Waals surface area contributed by atoms with E-state index in [9.17, 15) is 9.59 Å². The topological polar surface area (TPSA) is 93.5 Å². The lowest BCUT2D eigenvalue weighted by Gasteiger charge is -2.37. The van der Waals surface area contributed by atoms with Crippen molar-refractivity contribution in [3.8, 4) is 5.82 Å². The molecule has 160 valence electrons. The number of ether oxygens (including phenoxy) is 1. The fourth-order valence-electron chi connectivity index (χ4n) is 4.26. The summed E-state index contributed by atoms with van der Waals surface area (Å²) in [5.41, 5.74) is 0. The first-order valence-electron chi connectivity index (χ1n) is 10.7. The van der Waals surface area contributed by atoms with E-state index >= 15 is 0 Å². The van der Waals surface area contributed by atoms with Crippen LogP contribution in [0.1, 0.15) is 32.6 Å². The Kier molecular flexibility index (Phi) is 6.25. The van der Waals surface area contributed by atoms with E-state index in [4.69, 9.17) is 4.74 Å². The normalized spacial score (nSPS) is 18.4. The molecule has 2 aliphatic heterocycles. The number of rotatable bonds is 5. The molecule has 9 nitrogen and oxygen atoms in total. The Morgan fingerprint density at radius 2 is 1.73 bits per heavy atom. The van der Waals surface area contributed by atoms with Gasteiger partial charge in [0.2, 0.25) is 5.91 Å². The molecule has 0 spiro atoms. The molecule has 2 aromatic rings. The zero-order chi connectivity index (χ0) is 20.9. The van der Waals surface area contributed by atoms with Gasteiger partial charge >= 0.3 is 5.97 Å². The molecule has 1 amide bonds. The maximum absolute atomic E-state index is 13.0. The summed E-state index contributed by atoms with van der Waals surface area (Å²) in [7, 11) is 0. The fraction of sp³-hybridized carbons (Fsp3) is 0.571. The van der Waals surface area contributed by atoms with Crippen LogP contribution < -0.4 is 4.90 Å². The molecule has 0 aromatic carbocycles. The van der Waals surface area contributed by atoms with Crippen LogP contribution in [0.2, 0.25) is 0 Å². The van der Waals surface area contributed by atoms with Crippen LogP contribution in [0.5, 0.6) is 0 Å². The first-order valence-corrected chi connectivity index (χ1v) is 10.7. The summed E-state index contributed by atoms with van der Waals surface area (Å²) < 4.78 is 6.96. The number of hydrogen-bond donors (Lipinski definition) is 0. The lowest BCUT2D eigenvalue weighted by atomic mass is 9.92. The van der Waals surface area contributed by atoms with Crippen LogP contribution in [0, 0.1) is 11.8 Å². The van der Waals surface area contributed by atoms with Gasteiger partial charge in [-0.1, -0.05) is 0 Å². The standard InChI is InChI=1S/C21H28N6O3/c1-2-30-21(29)17-5-10-26(11-6-17)20(28)16-3-8-25(9-4-16)18-13-19(24-14-23-18)27-12-7-22-15-27/h7,12-17H,2-6,8-11H2,1H3. The number of hydrogen-bond acceptors (Lipinski definition) is 7. The minimum Gasteiger partial charge on any atom is -0.466 e. The van der Waals surface area contributed by atoms with Gasteiger partial charge in [0, 0.05) is 50.6 Å². The van der Waals surface area contributed by atoms with Crippen molar-refractivity contribution >= 4 is 17.7 Å². The molecule has 0 N–H and O–H groups in total. The SMILES string of the molecule is CCOC(=O)C1CCN(C(=O)C2CCN(c3cc(-n4ccnc4)ncn3)CC2)CC1. The van der Waals surface area contributed by atoms with Gasteiger partial charge in [0.05, 0.1) is 12.5 Å². The van der Waals surface area contributed by atoms with Crippen molar-refractivity contribution in [3.05, 3.63) is 31.1 Å². The molecule has 0 bridgehead atoms. The highest BCUT2D eigenvalue weighted by Gasteiger charge is 2.33. The van der Waals surface area contributed by atoms with Crippen molar-refractivity contribution in [1.29, 1.82) is 0 Å². The van der Waals surface area contributed by atoms with Gasteiger partial charge in [0.1, 0.15) is 24.3 Å². The van der Waals surface area contributed by atoms with Crippen LogP contribution in [0.15, 0.2) is 31.1 Å². The van der Waals surface area contributed by atoms with E-state index in [1.54, 1.807) is 18.9 Å². The van der Waals surface area contributed by atoms with Gasteiger partial charge in [-0.3, -0.25) is 14.2 Å². The van der Waals surface area contributed by atoms with E-state index < -0.39 is 0 Å². The first-order chi connectivity index (χ1) is 14.7. The second-order valence-corrected chi connectivity index (χ2v) is 7.82. The summed E-state index contributed by atoms with van der Waals surface area (Å²) in [6, 6.07) is 1.95. The lowest BCUT2D eigenvalue weighted by Crippen LogP contribution is -2.46. The number of aromatic nitrogens is 4. The number of piperidine rings is 2. The van der Waals surface area contributed by atoms with E-state index in [-0.39, 0.29) is 23.7 Å². The second kappa shape index (κ2) is 9.23. The predicted octanol–water partition coefficient (Wildman–Crippen LogP) is 1.68. The highest BCUT2D eigenvalue weighted by molar-refractivity contribution is 5.80. The molecular weight excluding hydrogens is 384 g/mol. The highest BCUT2D eigenvalue weighted by Crippen LogP contribution is 2.26. The van der Waals surface area contributed by atoms with Crippen LogP contribution in [-0.4, -0.2) is 69.1 Å². The number of likely N-dealkylation sites (tertiary alicyclic amines) is 1. The molecule has 30 heavy (non-hydrogen) atoms. The Balaban J connectivity index is 1.29. The molecule has 2 aliphatic rings. The number of carbonyl (C=O) groups excluding carboxylic acids is 2. The first kappa shape index (κ1) is 20.3.